The second-order valence-corrected chi connectivity index (χ2v) is 5.59. The number of nitrogens with two attached hydrogens (primary N) is 1. The monoisotopic (exact) mass is 272 g/mol. The van der Waals surface area contributed by atoms with Crippen molar-refractivity contribution in [3.8, 4) is 0 Å². The second-order valence-electron chi connectivity index (χ2n) is 5.15. The first-order valence-corrected chi connectivity index (χ1v) is 6.92. The molecule has 1 atom stereocenters. The molecule has 0 spiro atoms. The molecule has 2 aromatic carbocycles. The number of rotatable bonds is 2. The number of fused-ring (bicyclic) bond motifs is 1. The van der Waals surface area contributed by atoms with Crippen LogP contribution in [0.5, 0.6) is 0 Å². The van der Waals surface area contributed by atoms with Gasteiger partial charge in [0.25, 0.3) is 0 Å². The Morgan fingerprint density at radius 1 is 1.21 bits per heavy atom. The molecular weight excluding hydrogens is 256 g/mol. The Labute approximate surface area is 118 Å². The minimum atomic E-state index is 0.371. The van der Waals surface area contributed by atoms with Gasteiger partial charge in [0.05, 0.1) is 6.04 Å². The van der Waals surface area contributed by atoms with Gasteiger partial charge in [-0.1, -0.05) is 17.7 Å². The molecule has 1 aliphatic carbocycles. The van der Waals surface area contributed by atoms with E-state index in [0.29, 0.717) is 6.04 Å². The van der Waals surface area contributed by atoms with Gasteiger partial charge in [-0.25, -0.2) is 0 Å². The molecule has 0 aliphatic heterocycles. The van der Waals surface area contributed by atoms with Gasteiger partial charge in [-0.2, -0.15) is 0 Å². The summed E-state index contributed by atoms with van der Waals surface area (Å²) in [6.07, 6.45) is 2.20. The average molecular weight is 273 g/mol. The number of halogens is 1. The Bertz CT molecular complexity index is 622. The van der Waals surface area contributed by atoms with E-state index in [9.17, 15) is 0 Å². The zero-order chi connectivity index (χ0) is 13.4. The van der Waals surface area contributed by atoms with Gasteiger partial charge in [0, 0.05) is 16.4 Å². The fourth-order valence-electron chi connectivity index (χ4n) is 2.76. The summed E-state index contributed by atoms with van der Waals surface area (Å²) in [4.78, 5) is 0. The second kappa shape index (κ2) is 4.78. The number of benzene rings is 2. The van der Waals surface area contributed by atoms with E-state index in [2.05, 4.69) is 24.4 Å². The van der Waals surface area contributed by atoms with Crippen LogP contribution in [0, 0.1) is 6.92 Å². The van der Waals surface area contributed by atoms with Crippen molar-refractivity contribution in [2.24, 2.45) is 0 Å². The van der Waals surface area contributed by atoms with Gasteiger partial charge in [0.15, 0.2) is 0 Å². The van der Waals surface area contributed by atoms with Crippen LogP contribution in [0.4, 0.5) is 11.4 Å². The number of hydrogen-bond acceptors (Lipinski definition) is 2. The zero-order valence-corrected chi connectivity index (χ0v) is 11.7. The van der Waals surface area contributed by atoms with E-state index in [1.54, 1.807) is 0 Å². The SMILES string of the molecule is Cc1cc(Cl)ccc1NC1CCc2cc(N)ccc21. The van der Waals surface area contributed by atoms with Crippen LogP contribution >= 0.6 is 11.6 Å². The normalized spacial score (nSPS) is 17.3. The number of anilines is 2. The number of hydrogen-bond donors (Lipinski definition) is 2. The van der Waals surface area contributed by atoms with Crippen LogP contribution in [0.3, 0.4) is 0 Å². The van der Waals surface area contributed by atoms with Gasteiger partial charge in [-0.15, -0.1) is 0 Å². The predicted octanol–water partition coefficient (Wildman–Crippen LogP) is 4.33. The predicted molar refractivity (Wildman–Crippen MR) is 81.7 cm³/mol. The van der Waals surface area contributed by atoms with Gasteiger partial charge in [-0.05, 0) is 66.8 Å². The topological polar surface area (TPSA) is 38.0 Å². The molecule has 0 radical (unpaired) electrons. The van der Waals surface area contributed by atoms with Crippen molar-refractivity contribution < 1.29 is 0 Å². The third kappa shape index (κ3) is 2.41. The first kappa shape index (κ1) is 12.4. The molecule has 0 saturated carbocycles. The van der Waals surface area contributed by atoms with Crippen LogP contribution in [0.25, 0.3) is 0 Å². The highest BCUT2D eigenvalue weighted by Crippen LogP contribution is 2.35. The lowest BCUT2D eigenvalue weighted by Gasteiger charge is -2.17. The smallest absolute Gasteiger partial charge is 0.0519 e. The van der Waals surface area contributed by atoms with Crippen molar-refractivity contribution in [2.45, 2.75) is 25.8 Å². The summed E-state index contributed by atoms with van der Waals surface area (Å²) >= 11 is 5.99. The molecule has 19 heavy (non-hydrogen) atoms. The molecule has 0 saturated heterocycles. The number of nitrogens with one attached hydrogen (secondary N) is 1. The summed E-state index contributed by atoms with van der Waals surface area (Å²) in [6.45, 7) is 2.08. The van der Waals surface area contributed by atoms with Crippen molar-refractivity contribution in [3.05, 3.63) is 58.1 Å². The van der Waals surface area contributed by atoms with Crippen LogP contribution in [-0.4, -0.2) is 0 Å². The van der Waals surface area contributed by atoms with Crippen LogP contribution in [-0.2, 0) is 6.42 Å². The molecule has 0 fully saturated rings. The van der Waals surface area contributed by atoms with E-state index in [0.717, 1.165) is 29.2 Å². The molecule has 1 unspecified atom stereocenters. The summed E-state index contributed by atoms with van der Waals surface area (Å²) in [6, 6.07) is 12.5. The van der Waals surface area contributed by atoms with Crippen molar-refractivity contribution in [1.82, 2.24) is 0 Å². The Morgan fingerprint density at radius 3 is 2.84 bits per heavy atom. The van der Waals surface area contributed by atoms with Gasteiger partial charge in [0.1, 0.15) is 0 Å². The maximum atomic E-state index is 5.99. The van der Waals surface area contributed by atoms with E-state index in [1.807, 2.05) is 24.3 Å². The minimum Gasteiger partial charge on any atom is -0.399 e. The molecule has 0 aromatic heterocycles. The molecule has 0 heterocycles. The summed E-state index contributed by atoms with van der Waals surface area (Å²) < 4.78 is 0. The molecule has 2 aromatic rings. The van der Waals surface area contributed by atoms with E-state index < -0.39 is 0 Å². The lowest BCUT2D eigenvalue weighted by Crippen LogP contribution is -2.08. The summed E-state index contributed by atoms with van der Waals surface area (Å²) in [7, 11) is 0. The van der Waals surface area contributed by atoms with Gasteiger partial charge in [-0.3, -0.25) is 0 Å². The Hall–Kier alpha value is -1.67. The van der Waals surface area contributed by atoms with E-state index in [1.165, 1.54) is 16.7 Å². The highest BCUT2D eigenvalue weighted by atomic mass is 35.5. The largest absolute Gasteiger partial charge is 0.399 e. The molecule has 0 bridgehead atoms. The number of nitrogen functional groups attached to an aromatic ring is 1. The minimum absolute atomic E-state index is 0.371. The summed E-state index contributed by atoms with van der Waals surface area (Å²) in [5, 5.41) is 4.39. The highest BCUT2D eigenvalue weighted by Gasteiger charge is 2.22. The van der Waals surface area contributed by atoms with Crippen LogP contribution in [0.15, 0.2) is 36.4 Å². The molecule has 98 valence electrons. The van der Waals surface area contributed by atoms with Crippen molar-refractivity contribution in [3.63, 3.8) is 0 Å². The molecule has 3 N–H and O–H groups in total. The van der Waals surface area contributed by atoms with Crippen molar-refractivity contribution >= 4 is 23.0 Å². The third-order valence-electron chi connectivity index (χ3n) is 3.76. The van der Waals surface area contributed by atoms with E-state index in [-0.39, 0.29) is 0 Å². The Kier molecular flexibility index (Phi) is 3.11. The maximum absolute atomic E-state index is 5.99. The van der Waals surface area contributed by atoms with Gasteiger partial charge in [0.2, 0.25) is 0 Å². The zero-order valence-electron chi connectivity index (χ0n) is 10.9. The average Bonchev–Trinajstić information content (AvgIpc) is 2.75. The lowest BCUT2D eigenvalue weighted by atomic mass is 10.1. The molecule has 1 aliphatic rings. The van der Waals surface area contributed by atoms with Crippen molar-refractivity contribution in [1.29, 1.82) is 0 Å². The van der Waals surface area contributed by atoms with Crippen molar-refractivity contribution in [2.75, 3.05) is 11.1 Å². The van der Waals surface area contributed by atoms with Crippen LogP contribution in [0.2, 0.25) is 5.02 Å². The lowest BCUT2D eigenvalue weighted by molar-refractivity contribution is 0.761. The molecular formula is C16H17ClN2. The van der Waals surface area contributed by atoms with Crippen LogP contribution in [0.1, 0.15) is 29.2 Å². The third-order valence-corrected chi connectivity index (χ3v) is 4.00. The number of aryl methyl sites for hydroxylation is 2. The molecule has 2 nitrogen and oxygen atoms in total. The maximum Gasteiger partial charge on any atom is 0.0519 e. The summed E-state index contributed by atoms with van der Waals surface area (Å²) in [5.74, 6) is 0. The molecule has 3 heteroatoms. The first-order valence-electron chi connectivity index (χ1n) is 6.54. The Morgan fingerprint density at radius 2 is 2.05 bits per heavy atom. The Balaban J connectivity index is 1.86. The first-order chi connectivity index (χ1) is 9.13. The van der Waals surface area contributed by atoms with Gasteiger partial charge >= 0.3 is 0 Å². The van der Waals surface area contributed by atoms with Gasteiger partial charge < -0.3 is 11.1 Å². The quantitative estimate of drug-likeness (QED) is 0.799. The highest BCUT2D eigenvalue weighted by molar-refractivity contribution is 6.30. The van der Waals surface area contributed by atoms with Crippen LogP contribution < -0.4 is 11.1 Å². The fraction of sp³-hybridized carbons (Fsp3) is 0.250. The standard InChI is InChI=1S/C16H17ClN2/c1-10-8-12(17)3-7-15(10)19-16-6-2-11-9-13(18)4-5-14(11)16/h3-5,7-9,16,19H,2,6,18H2,1H3. The summed E-state index contributed by atoms with van der Waals surface area (Å²) in [5.41, 5.74) is 11.7. The molecule has 0 amide bonds. The van der Waals surface area contributed by atoms with E-state index in [4.69, 9.17) is 17.3 Å². The van der Waals surface area contributed by atoms with E-state index >= 15 is 0 Å². The molecule has 3 rings (SSSR count). The fourth-order valence-corrected chi connectivity index (χ4v) is 2.99.